The van der Waals surface area contributed by atoms with E-state index in [-0.39, 0.29) is 17.2 Å². The SMILES string of the molecule is C=CCCCOC(=O)c1ccccc1C(=O)O[C@H](CCC=C)CCCCCC. The second kappa shape index (κ2) is 14.7. The molecule has 1 atom stereocenters. The summed E-state index contributed by atoms with van der Waals surface area (Å²) in [5, 5.41) is 0. The summed E-state index contributed by atoms with van der Waals surface area (Å²) >= 11 is 0. The van der Waals surface area contributed by atoms with Crippen molar-refractivity contribution < 1.29 is 19.1 Å². The molecule has 0 bridgehead atoms. The van der Waals surface area contributed by atoms with Crippen LogP contribution in [0.4, 0.5) is 0 Å². The summed E-state index contributed by atoms with van der Waals surface area (Å²) in [4.78, 5) is 25.1. The molecule has 0 saturated heterocycles. The lowest BCUT2D eigenvalue weighted by Gasteiger charge is -2.18. The first kappa shape index (κ1) is 23.7. The maximum absolute atomic E-state index is 12.7. The number of hydrogen-bond donors (Lipinski definition) is 0. The number of rotatable bonds is 15. The first-order valence-corrected chi connectivity index (χ1v) is 10.3. The highest BCUT2D eigenvalue weighted by molar-refractivity contribution is 6.03. The Morgan fingerprint density at radius 2 is 1.61 bits per heavy atom. The fourth-order valence-electron chi connectivity index (χ4n) is 2.89. The quantitative estimate of drug-likeness (QED) is 0.202. The van der Waals surface area contributed by atoms with Gasteiger partial charge in [-0.05, 0) is 50.7 Å². The third-order valence-electron chi connectivity index (χ3n) is 4.50. The molecule has 1 rings (SSSR count). The van der Waals surface area contributed by atoms with E-state index in [1.165, 1.54) is 12.8 Å². The van der Waals surface area contributed by atoms with Crippen LogP contribution in [0.1, 0.15) is 85.4 Å². The van der Waals surface area contributed by atoms with Gasteiger partial charge in [-0.3, -0.25) is 0 Å². The summed E-state index contributed by atoms with van der Waals surface area (Å²) < 4.78 is 11.0. The molecule has 0 saturated carbocycles. The van der Waals surface area contributed by atoms with Gasteiger partial charge < -0.3 is 9.47 Å². The van der Waals surface area contributed by atoms with Gasteiger partial charge in [0.15, 0.2) is 0 Å². The zero-order valence-corrected chi connectivity index (χ0v) is 17.2. The summed E-state index contributed by atoms with van der Waals surface area (Å²) in [5.41, 5.74) is 0.507. The van der Waals surface area contributed by atoms with Crippen LogP contribution in [0.15, 0.2) is 49.6 Å². The number of benzene rings is 1. The van der Waals surface area contributed by atoms with Crippen molar-refractivity contribution in [2.24, 2.45) is 0 Å². The Morgan fingerprint density at radius 3 is 2.25 bits per heavy atom. The molecule has 0 N–H and O–H groups in total. The number of hydrogen-bond acceptors (Lipinski definition) is 4. The normalized spacial score (nSPS) is 11.5. The highest BCUT2D eigenvalue weighted by Crippen LogP contribution is 2.18. The van der Waals surface area contributed by atoms with Crippen molar-refractivity contribution in [2.45, 2.75) is 70.8 Å². The van der Waals surface area contributed by atoms with Crippen LogP contribution >= 0.6 is 0 Å². The second-order valence-corrected chi connectivity index (χ2v) is 6.86. The first-order chi connectivity index (χ1) is 13.6. The van der Waals surface area contributed by atoms with Crippen molar-refractivity contribution in [1.29, 1.82) is 0 Å². The Labute approximate surface area is 169 Å². The maximum atomic E-state index is 12.7. The first-order valence-electron chi connectivity index (χ1n) is 10.3. The Kier molecular flexibility index (Phi) is 12.4. The number of carbonyl (C=O) groups excluding carboxylic acids is 2. The molecule has 0 radical (unpaired) electrons. The third-order valence-corrected chi connectivity index (χ3v) is 4.50. The zero-order chi connectivity index (χ0) is 20.6. The summed E-state index contributed by atoms with van der Waals surface area (Å²) in [5.74, 6) is -0.967. The molecular formula is C24H34O4. The van der Waals surface area contributed by atoms with Crippen LogP contribution in [0.5, 0.6) is 0 Å². The Bertz CT molecular complexity index is 621. The van der Waals surface area contributed by atoms with E-state index in [9.17, 15) is 9.59 Å². The Hall–Kier alpha value is -2.36. The molecule has 1 aromatic carbocycles. The lowest BCUT2D eigenvalue weighted by Crippen LogP contribution is -2.21. The topological polar surface area (TPSA) is 52.6 Å². The van der Waals surface area contributed by atoms with E-state index in [4.69, 9.17) is 9.47 Å². The molecule has 4 heteroatoms. The van der Waals surface area contributed by atoms with Crippen molar-refractivity contribution >= 4 is 11.9 Å². The number of allylic oxidation sites excluding steroid dienone is 2. The van der Waals surface area contributed by atoms with Crippen molar-refractivity contribution in [1.82, 2.24) is 0 Å². The van der Waals surface area contributed by atoms with Crippen LogP contribution in [0, 0.1) is 0 Å². The minimum absolute atomic E-state index is 0.168. The molecule has 0 spiro atoms. The van der Waals surface area contributed by atoms with Gasteiger partial charge in [0.1, 0.15) is 6.10 Å². The minimum atomic E-state index is -0.498. The van der Waals surface area contributed by atoms with E-state index in [1.807, 2.05) is 6.08 Å². The average Bonchev–Trinajstić information content (AvgIpc) is 2.72. The van der Waals surface area contributed by atoms with E-state index in [2.05, 4.69) is 20.1 Å². The molecule has 0 fully saturated rings. The van der Waals surface area contributed by atoms with Gasteiger partial charge in [-0.2, -0.15) is 0 Å². The van der Waals surface area contributed by atoms with Gasteiger partial charge >= 0.3 is 11.9 Å². The molecular weight excluding hydrogens is 352 g/mol. The van der Waals surface area contributed by atoms with E-state index < -0.39 is 11.9 Å². The summed E-state index contributed by atoms with van der Waals surface area (Å²) in [7, 11) is 0. The van der Waals surface area contributed by atoms with Gasteiger partial charge in [-0.1, -0.05) is 50.5 Å². The van der Waals surface area contributed by atoms with Crippen molar-refractivity contribution in [3.8, 4) is 0 Å². The van der Waals surface area contributed by atoms with Gasteiger partial charge in [-0.15, -0.1) is 13.2 Å². The smallest absolute Gasteiger partial charge is 0.339 e. The molecule has 0 unspecified atom stereocenters. The van der Waals surface area contributed by atoms with Crippen molar-refractivity contribution in [2.75, 3.05) is 6.61 Å². The molecule has 154 valence electrons. The molecule has 0 amide bonds. The fourth-order valence-corrected chi connectivity index (χ4v) is 2.89. The maximum Gasteiger partial charge on any atom is 0.339 e. The van der Waals surface area contributed by atoms with Gasteiger partial charge in [0.25, 0.3) is 0 Å². The predicted molar refractivity (Wildman–Crippen MR) is 114 cm³/mol. The van der Waals surface area contributed by atoms with Gasteiger partial charge in [0, 0.05) is 0 Å². The van der Waals surface area contributed by atoms with Gasteiger partial charge in [0.05, 0.1) is 17.7 Å². The van der Waals surface area contributed by atoms with Crippen LogP contribution in [0.2, 0.25) is 0 Å². The monoisotopic (exact) mass is 386 g/mol. The molecule has 0 aliphatic heterocycles. The Balaban J connectivity index is 2.75. The summed E-state index contributed by atoms with van der Waals surface area (Å²) in [6.07, 6.45) is 11.8. The highest BCUT2D eigenvalue weighted by Gasteiger charge is 2.21. The largest absolute Gasteiger partial charge is 0.462 e. The molecule has 0 heterocycles. The Morgan fingerprint density at radius 1 is 0.929 bits per heavy atom. The molecule has 28 heavy (non-hydrogen) atoms. The standard InChI is InChI=1S/C24H34O4/c1-4-7-10-11-16-20(15-9-6-3)28-24(26)22-18-13-12-17-21(22)23(25)27-19-14-8-5-2/h5-6,12-13,17-18,20H,2-4,7-11,14-16,19H2,1H3/t20-/m1/s1. The van der Waals surface area contributed by atoms with Crippen LogP contribution in [-0.2, 0) is 9.47 Å². The summed E-state index contributed by atoms with van der Waals surface area (Å²) in [6.45, 7) is 9.86. The molecule has 0 aliphatic rings. The van der Waals surface area contributed by atoms with E-state index in [0.29, 0.717) is 13.0 Å². The summed E-state index contributed by atoms with van der Waals surface area (Å²) in [6, 6.07) is 6.67. The van der Waals surface area contributed by atoms with E-state index >= 15 is 0 Å². The third kappa shape index (κ3) is 9.03. The van der Waals surface area contributed by atoms with Gasteiger partial charge in [0.2, 0.25) is 0 Å². The van der Waals surface area contributed by atoms with Crippen molar-refractivity contribution in [3.63, 3.8) is 0 Å². The van der Waals surface area contributed by atoms with Gasteiger partial charge in [-0.25, -0.2) is 9.59 Å². The van der Waals surface area contributed by atoms with Crippen LogP contribution in [0.25, 0.3) is 0 Å². The van der Waals surface area contributed by atoms with E-state index in [1.54, 1.807) is 30.3 Å². The molecule has 0 aliphatic carbocycles. The van der Waals surface area contributed by atoms with Crippen LogP contribution in [-0.4, -0.2) is 24.6 Å². The van der Waals surface area contributed by atoms with E-state index in [0.717, 1.165) is 38.5 Å². The predicted octanol–water partition coefficient (Wildman–Crippen LogP) is 6.27. The average molecular weight is 387 g/mol. The molecule has 4 nitrogen and oxygen atoms in total. The minimum Gasteiger partial charge on any atom is -0.462 e. The molecule has 0 aromatic heterocycles. The lowest BCUT2D eigenvalue weighted by molar-refractivity contribution is 0.0248. The number of ether oxygens (including phenoxy) is 2. The zero-order valence-electron chi connectivity index (χ0n) is 17.2. The lowest BCUT2D eigenvalue weighted by atomic mass is 10.0. The van der Waals surface area contributed by atoms with Crippen LogP contribution in [0.3, 0.4) is 0 Å². The van der Waals surface area contributed by atoms with Crippen LogP contribution < -0.4 is 0 Å². The fraction of sp³-hybridized carbons (Fsp3) is 0.500. The number of unbranched alkanes of at least 4 members (excludes halogenated alkanes) is 4. The molecule has 1 aromatic rings. The number of carbonyl (C=O) groups is 2. The highest BCUT2D eigenvalue weighted by atomic mass is 16.5. The second-order valence-electron chi connectivity index (χ2n) is 6.86. The number of esters is 2. The van der Waals surface area contributed by atoms with Crippen molar-refractivity contribution in [3.05, 3.63) is 60.7 Å².